The number of aromatic nitrogens is 3. The van der Waals surface area contributed by atoms with Crippen LogP contribution in [0.25, 0.3) is 0 Å². The van der Waals surface area contributed by atoms with Gasteiger partial charge in [0.1, 0.15) is 11.6 Å². The van der Waals surface area contributed by atoms with E-state index in [0.29, 0.717) is 6.20 Å². The maximum Gasteiger partial charge on any atom is 0.423 e. The number of fused-ring (bicyclic) bond motifs is 3. The number of alkyl halides is 6. The first-order chi connectivity index (χ1) is 18.7. The number of nitrogens with zero attached hydrogens (tertiary/aromatic N) is 5. The van der Waals surface area contributed by atoms with Crippen molar-refractivity contribution in [1.82, 2.24) is 20.1 Å². The minimum absolute atomic E-state index is 0.00210. The van der Waals surface area contributed by atoms with Crippen molar-refractivity contribution >= 4 is 29.0 Å². The first-order valence-corrected chi connectivity index (χ1v) is 12.1. The molecule has 2 amide bonds. The second kappa shape index (κ2) is 10.9. The van der Waals surface area contributed by atoms with E-state index in [9.17, 15) is 40.7 Å². The molecule has 0 saturated carbocycles. The maximum absolute atomic E-state index is 13.2. The topological polar surface area (TPSA) is 124 Å². The number of likely N-dealkylation sites (N-methyl/N-ethyl adjacent to an activating group) is 1. The number of amides is 2. The fraction of sp³-hybridized carbons (Fsp3) is 0.522. The largest absolute Gasteiger partial charge is 0.423 e. The number of halogens is 6. The minimum Gasteiger partial charge on any atom is -0.379 e. The van der Waals surface area contributed by atoms with Crippen LogP contribution in [0, 0.1) is 0 Å². The van der Waals surface area contributed by atoms with Crippen LogP contribution in [0.1, 0.15) is 24.5 Å². The van der Waals surface area contributed by atoms with Crippen LogP contribution in [-0.4, -0.2) is 83.9 Å². The normalized spacial score (nSPS) is 18.4. The second-order valence-electron chi connectivity index (χ2n) is 9.37. The Labute approximate surface area is 223 Å². The zero-order valence-electron chi connectivity index (χ0n) is 21.3. The highest BCUT2D eigenvalue weighted by Gasteiger charge is 2.43. The molecule has 2 aromatic rings. The van der Waals surface area contributed by atoms with E-state index in [1.54, 1.807) is 10.00 Å². The van der Waals surface area contributed by atoms with Crippen LogP contribution >= 0.6 is 0 Å². The third-order valence-electron chi connectivity index (χ3n) is 6.53. The monoisotopic (exact) mass is 577 g/mol. The van der Waals surface area contributed by atoms with E-state index in [-0.39, 0.29) is 56.7 Å². The van der Waals surface area contributed by atoms with Crippen molar-refractivity contribution in [3.8, 4) is 0 Å². The molecule has 2 atom stereocenters. The number of hydrogen-bond acceptors (Lipinski definition) is 8. The number of ether oxygens (including phenoxy) is 1. The van der Waals surface area contributed by atoms with Crippen LogP contribution in [0.4, 0.5) is 43.5 Å². The van der Waals surface area contributed by atoms with E-state index < -0.39 is 52.7 Å². The standard InChI is InChI=1S/C23H25F6N7O4/c1-12(32-14-9-31-33-20(38)18(14)23(27,28)29)11-40-6-3-17(37)35-4-5-36-16(10-35)21(39)34(2)15-7-13(22(24,25)26)8-30-19(15)36/h7-9,12,16H,3-6,10-11H2,1-2H3,(H2,32,33,38)/t12?,16-/m0/s1. The molecule has 1 fully saturated rings. The molecule has 4 heterocycles. The highest BCUT2D eigenvalue weighted by atomic mass is 19.4. The number of piperazine rings is 1. The van der Waals surface area contributed by atoms with E-state index in [0.717, 1.165) is 17.2 Å². The summed E-state index contributed by atoms with van der Waals surface area (Å²) in [4.78, 5) is 45.4. The van der Waals surface area contributed by atoms with E-state index in [2.05, 4.69) is 15.4 Å². The molecule has 0 aliphatic carbocycles. The molecule has 0 aromatic carbocycles. The highest BCUT2D eigenvalue weighted by Crippen LogP contribution is 2.39. The van der Waals surface area contributed by atoms with Crippen molar-refractivity contribution in [3.05, 3.63) is 39.9 Å². The van der Waals surface area contributed by atoms with Crippen LogP contribution < -0.4 is 20.7 Å². The van der Waals surface area contributed by atoms with Gasteiger partial charge in [-0.25, -0.2) is 10.1 Å². The first-order valence-electron chi connectivity index (χ1n) is 12.1. The van der Waals surface area contributed by atoms with E-state index in [1.807, 2.05) is 0 Å². The zero-order valence-corrected chi connectivity index (χ0v) is 21.3. The van der Waals surface area contributed by atoms with Gasteiger partial charge in [-0.2, -0.15) is 31.4 Å². The maximum atomic E-state index is 13.2. The Morgan fingerprint density at radius 1 is 1.18 bits per heavy atom. The number of anilines is 3. The summed E-state index contributed by atoms with van der Waals surface area (Å²) in [6.45, 7) is 1.75. The Balaban J connectivity index is 1.30. The molecule has 17 heteroatoms. The molecule has 2 aromatic heterocycles. The summed E-state index contributed by atoms with van der Waals surface area (Å²) < 4.78 is 84.4. The molecular formula is C23H25F6N7O4. The number of hydrogen-bond donors (Lipinski definition) is 2. The van der Waals surface area contributed by atoms with Crippen LogP contribution in [-0.2, 0) is 26.7 Å². The van der Waals surface area contributed by atoms with Gasteiger partial charge in [0.2, 0.25) is 5.91 Å². The van der Waals surface area contributed by atoms with Crippen LogP contribution in [0.5, 0.6) is 0 Å². The summed E-state index contributed by atoms with van der Waals surface area (Å²) in [5, 5.41) is 7.65. The van der Waals surface area contributed by atoms with Gasteiger partial charge in [0.05, 0.1) is 49.3 Å². The second-order valence-corrected chi connectivity index (χ2v) is 9.37. The van der Waals surface area contributed by atoms with Gasteiger partial charge < -0.3 is 24.8 Å². The molecule has 40 heavy (non-hydrogen) atoms. The minimum atomic E-state index is -4.89. The molecule has 218 valence electrons. The van der Waals surface area contributed by atoms with Crippen molar-refractivity contribution < 1.29 is 40.7 Å². The van der Waals surface area contributed by atoms with Gasteiger partial charge in [-0.15, -0.1) is 0 Å². The summed E-state index contributed by atoms with van der Waals surface area (Å²) in [6, 6.07) is -0.614. The van der Waals surface area contributed by atoms with Crippen molar-refractivity contribution in [2.75, 3.05) is 55.0 Å². The Morgan fingerprint density at radius 2 is 1.90 bits per heavy atom. The van der Waals surface area contributed by atoms with Crippen LogP contribution in [0.3, 0.4) is 0 Å². The first kappa shape index (κ1) is 29.1. The predicted octanol–water partition coefficient (Wildman–Crippen LogP) is 2.10. The number of nitrogens with one attached hydrogen (secondary N) is 2. The molecule has 11 nitrogen and oxygen atoms in total. The lowest BCUT2D eigenvalue weighted by Crippen LogP contribution is -2.63. The van der Waals surface area contributed by atoms with E-state index >= 15 is 0 Å². The van der Waals surface area contributed by atoms with Gasteiger partial charge in [-0.1, -0.05) is 0 Å². The van der Waals surface area contributed by atoms with Gasteiger partial charge in [0.25, 0.3) is 11.5 Å². The third-order valence-corrected chi connectivity index (χ3v) is 6.53. The summed E-state index contributed by atoms with van der Waals surface area (Å²) in [6.07, 6.45) is -8.03. The quantitative estimate of drug-likeness (QED) is 0.379. The Morgan fingerprint density at radius 3 is 2.58 bits per heavy atom. The number of carbonyl (C=O) groups excluding carboxylic acids is 2. The molecule has 4 rings (SSSR count). The molecule has 2 aliphatic rings. The Bertz CT molecular complexity index is 1330. The lowest BCUT2D eigenvalue weighted by molar-refractivity contribution is -0.138. The van der Waals surface area contributed by atoms with Gasteiger partial charge in [0.15, 0.2) is 5.82 Å². The number of rotatable bonds is 7. The van der Waals surface area contributed by atoms with E-state index in [1.165, 1.54) is 18.9 Å². The van der Waals surface area contributed by atoms with Gasteiger partial charge in [0, 0.05) is 32.4 Å². The van der Waals surface area contributed by atoms with Crippen molar-refractivity contribution in [1.29, 1.82) is 0 Å². The Hall–Kier alpha value is -3.89. The lowest BCUT2D eigenvalue weighted by Gasteiger charge is -2.46. The van der Waals surface area contributed by atoms with E-state index in [4.69, 9.17) is 4.74 Å². The molecule has 1 saturated heterocycles. The van der Waals surface area contributed by atoms with Crippen molar-refractivity contribution in [3.63, 3.8) is 0 Å². The van der Waals surface area contributed by atoms with Gasteiger partial charge in [-0.05, 0) is 13.0 Å². The smallest absolute Gasteiger partial charge is 0.379 e. The lowest BCUT2D eigenvalue weighted by atomic mass is 10.0. The van der Waals surface area contributed by atoms with Crippen LogP contribution in [0.2, 0.25) is 0 Å². The molecule has 0 radical (unpaired) electrons. The molecule has 2 N–H and O–H groups in total. The molecule has 1 unspecified atom stereocenters. The predicted molar refractivity (Wildman–Crippen MR) is 129 cm³/mol. The van der Waals surface area contributed by atoms with Gasteiger partial charge >= 0.3 is 12.4 Å². The van der Waals surface area contributed by atoms with Gasteiger partial charge in [-0.3, -0.25) is 14.4 Å². The number of H-pyrrole nitrogens is 1. The molecule has 0 bridgehead atoms. The molecule has 2 aliphatic heterocycles. The summed E-state index contributed by atoms with van der Waals surface area (Å²) in [5.41, 5.74) is -4.24. The fourth-order valence-corrected chi connectivity index (χ4v) is 4.56. The summed E-state index contributed by atoms with van der Waals surface area (Å²) in [7, 11) is 1.35. The average Bonchev–Trinajstić information content (AvgIpc) is 2.87. The SMILES string of the molecule is CC(COCCC(=O)N1CCN2c3ncc(C(F)(F)F)cc3N(C)C(=O)[C@@H]2C1)Nc1cn[nH]c(=O)c1C(F)(F)F. The fourth-order valence-electron chi connectivity index (χ4n) is 4.56. The summed E-state index contributed by atoms with van der Waals surface area (Å²) >= 11 is 0. The van der Waals surface area contributed by atoms with Crippen molar-refractivity contribution in [2.45, 2.75) is 37.8 Å². The third kappa shape index (κ3) is 5.97. The molecule has 0 spiro atoms. The number of aromatic amines is 1. The number of carbonyl (C=O) groups is 2. The molecular weight excluding hydrogens is 552 g/mol. The Kier molecular flexibility index (Phi) is 7.96. The highest BCUT2D eigenvalue weighted by molar-refractivity contribution is 6.05. The average molecular weight is 577 g/mol. The van der Waals surface area contributed by atoms with Crippen molar-refractivity contribution in [2.24, 2.45) is 0 Å². The zero-order chi connectivity index (χ0) is 29.4. The van der Waals surface area contributed by atoms with Crippen LogP contribution in [0.15, 0.2) is 23.3 Å². The number of pyridine rings is 1. The summed E-state index contributed by atoms with van der Waals surface area (Å²) in [5.74, 6) is -0.587.